The number of hydrogen-bond acceptors (Lipinski definition) is 3. The van der Waals surface area contributed by atoms with E-state index in [-0.39, 0.29) is 0 Å². The lowest BCUT2D eigenvalue weighted by atomic mass is 9.97. The molecule has 0 aliphatic heterocycles. The summed E-state index contributed by atoms with van der Waals surface area (Å²) in [5.41, 5.74) is 12.2. The van der Waals surface area contributed by atoms with Gasteiger partial charge in [-0.15, -0.1) is 11.3 Å². The third-order valence-corrected chi connectivity index (χ3v) is 12.6. The van der Waals surface area contributed by atoms with Gasteiger partial charge in [0.15, 0.2) is 5.82 Å². The molecule has 4 aromatic heterocycles. The van der Waals surface area contributed by atoms with E-state index in [0.717, 1.165) is 39.2 Å². The van der Waals surface area contributed by atoms with E-state index < -0.39 is 0 Å². The van der Waals surface area contributed by atoms with Gasteiger partial charge in [0.25, 0.3) is 0 Å². The fourth-order valence-corrected chi connectivity index (χ4v) is 10.1. The Hall–Kier alpha value is -7.34. The van der Waals surface area contributed by atoms with Crippen molar-refractivity contribution in [2.24, 2.45) is 0 Å². The third-order valence-electron chi connectivity index (χ3n) is 11.4. The first-order chi connectivity index (χ1) is 28.3. The van der Waals surface area contributed by atoms with Crippen LogP contribution in [-0.4, -0.2) is 19.1 Å². The van der Waals surface area contributed by atoms with Crippen molar-refractivity contribution in [3.8, 4) is 45.1 Å². The number of fused-ring (bicyclic) bond motifs is 10. The summed E-state index contributed by atoms with van der Waals surface area (Å²) in [7, 11) is 0. The van der Waals surface area contributed by atoms with Gasteiger partial charge >= 0.3 is 0 Å². The second kappa shape index (κ2) is 12.6. The van der Waals surface area contributed by atoms with Crippen molar-refractivity contribution in [2.75, 3.05) is 0 Å². The molecule has 0 unspecified atom stereocenters. The highest BCUT2D eigenvalue weighted by Gasteiger charge is 2.23. The Kier molecular flexibility index (Phi) is 7.06. The second-order valence-corrected chi connectivity index (χ2v) is 15.6. The molecule has 0 radical (unpaired) electrons. The lowest BCUT2D eigenvalue weighted by Gasteiger charge is -2.14. The Morgan fingerprint density at radius 1 is 0.439 bits per heavy atom. The van der Waals surface area contributed by atoms with Crippen molar-refractivity contribution in [3.05, 3.63) is 194 Å². The molecule has 8 aromatic carbocycles. The molecule has 12 rings (SSSR count). The molecule has 0 fully saturated rings. The molecule has 266 valence electrons. The summed E-state index contributed by atoms with van der Waals surface area (Å²) < 4.78 is 7.39. The van der Waals surface area contributed by atoms with E-state index in [9.17, 15) is 0 Å². The topological polar surface area (TPSA) is 35.6 Å². The van der Waals surface area contributed by atoms with Gasteiger partial charge in [0.05, 0.1) is 39.6 Å². The van der Waals surface area contributed by atoms with Crippen LogP contribution >= 0.6 is 11.3 Å². The summed E-state index contributed by atoms with van der Waals surface area (Å²) in [5, 5.41) is 7.47. The first-order valence-electron chi connectivity index (χ1n) is 19.2. The van der Waals surface area contributed by atoms with Crippen molar-refractivity contribution in [1.29, 1.82) is 0 Å². The maximum Gasteiger partial charge on any atom is 0.159 e. The molecule has 0 spiro atoms. The SMILES string of the molecule is c1ccc(-c2ncc(-n3c4ccccc4c4cc(-c5cc6c7ccccc7n(-c7ccccc7)c6c6c5sc5ccccc56)ccc43)c(-c3ccccc3)n2)cc1. The van der Waals surface area contributed by atoms with Gasteiger partial charge in [-0.25, -0.2) is 9.97 Å². The van der Waals surface area contributed by atoms with Crippen LogP contribution in [0.2, 0.25) is 0 Å². The summed E-state index contributed by atoms with van der Waals surface area (Å²) in [4.78, 5) is 10.2. The van der Waals surface area contributed by atoms with Crippen LogP contribution in [0.25, 0.3) is 109 Å². The highest BCUT2D eigenvalue weighted by Crippen LogP contribution is 2.48. The highest BCUT2D eigenvalue weighted by atomic mass is 32.1. The number of benzene rings is 8. The largest absolute Gasteiger partial charge is 0.309 e. The van der Waals surface area contributed by atoms with Gasteiger partial charge in [-0.2, -0.15) is 0 Å². The van der Waals surface area contributed by atoms with E-state index in [4.69, 9.17) is 9.97 Å². The first kappa shape index (κ1) is 32.0. The zero-order chi connectivity index (χ0) is 37.5. The number of thiophene rings is 1. The van der Waals surface area contributed by atoms with Crippen molar-refractivity contribution < 1.29 is 0 Å². The van der Waals surface area contributed by atoms with Gasteiger partial charge in [0.2, 0.25) is 0 Å². The van der Waals surface area contributed by atoms with E-state index in [1.165, 1.54) is 63.9 Å². The Balaban J connectivity index is 1.14. The zero-order valence-electron chi connectivity index (χ0n) is 30.7. The van der Waals surface area contributed by atoms with E-state index in [1.54, 1.807) is 0 Å². The fourth-order valence-electron chi connectivity index (χ4n) is 8.87. The Morgan fingerprint density at radius 3 is 1.79 bits per heavy atom. The Bertz CT molecular complexity index is 3510. The highest BCUT2D eigenvalue weighted by molar-refractivity contribution is 7.26. The average molecular weight is 745 g/mol. The van der Waals surface area contributed by atoms with Gasteiger partial charge in [0, 0.05) is 64.1 Å². The smallest absolute Gasteiger partial charge is 0.159 e. The van der Waals surface area contributed by atoms with Gasteiger partial charge in [0.1, 0.15) is 0 Å². The lowest BCUT2D eigenvalue weighted by Crippen LogP contribution is -2.02. The normalized spacial score (nSPS) is 11.9. The van der Waals surface area contributed by atoms with Crippen LogP contribution in [-0.2, 0) is 0 Å². The molecule has 0 aliphatic rings. The second-order valence-electron chi connectivity index (χ2n) is 14.6. The summed E-state index contributed by atoms with van der Waals surface area (Å²) in [6.45, 7) is 0. The number of rotatable bonds is 5. The Morgan fingerprint density at radius 2 is 1.04 bits per heavy atom. The van der Waals surface area contributed by atoms with E-state index in [0.29, 0.717) is 5.82 Å². The maximum atomic E-state index is 5.25. The molecule has 0 atom stereocenters. The van der Waals surface area contributed by atoms with Crippen LogP contribution < -0.4 is 0 Å². The monoisotopic (exact) mass is 744 g/mol. The van der Waals surface area contributed by atoms with E-state index in [1.807, 2.05) is 35.7 Å². The Labute approximate surface area is 332 Å². The predicted molar refractivity (Wildman–Crippen MR) is 240 cm³/mol. The van der Waals surface area contributed by atoms with E-state index in [2.05, 4.69) is 179 Å². The van der Waals surface area contributed by atoms with Gasteiger partial charge in [-0.1, -0.05) is 140 Å². The summed E-state index contributed by atoms with van der Waals surface area (Å²) in [5.74, 6) is 0.706. The van der Waals surface area contributed by atoms with Crippen LogP contribution in [0.4, 0.5) is 0 Å². The lowest BCUT2D eigenvalue weighted by molar-refractivity contribution is 1.09. The van der Waals surface area contributed by atoms with Crippen LogP contribution in [0.15, 0.2) is 194 Å². The number of nitrogens with zero attached hydrogens (tertiary/aromatic N) is 4. The van der Waals surface area contributed by atoms with Gasteiger partial charge in [-0.3, -0.25) is 0 Å². The summed E-state index contributed by atoms with van der Waals surface area (Å²) in [6, 6.07) is 67.3. The average Bonchev–Trinajstić information content (AvgIpc) is 3.94. The molecule has 0 N–H and O–H groups in total. The molecule has 4 nitrogen and oxygen atoms in total. The molecule has 0 amide bonds. The van der Waals surface area contributed by atoms with Crippen molar-refractivity contribution in [3.63, 3.8) is 0 Å². The summed E-state index contributed by atoms with van der Waals surface area (Å²) in [6.07, 6.45) is 1.99. The quantitative estimate of drug-likeness (QED) is 0.176. The first-order valence-corrected chi connectivity index (χ1v) is 20.1. The minimum atomic E-state index is 0.706. The predicted octanol–water partition coefficient (Wildman–Crippen LogP) is 14.0. The molecule has 12 aromatic rings. The molecular formula is C52H32N4S. The van der Waals surface area contributed by atoms with E-state index >= 15 is 0 Å². The molecule has 57 heavy (non-hydrogen) atoms. The molecule has 4 heterocycles. The number of aromatic nitrogens is 4. The molecule has 0 bridgehead atoms. The maximum absolute atomic E-state index is 5.25. The molecule has 0 saturated heterocycles. The van der Waals surface area contributed by atoms with Crippen LogP contribution in [0, 0.1) is 0 Å². The molecular weight excluding hydrogens is 713 g/mol. The number of hydrogen-bond donors (Lipinski definition) is 0. The van der Waals surface area contributed by atoms with Crippen molar-refractivity contribution >= 4 is 75.1 Å². The van der Waals surface area contributed by atoms with Gasteiger partial charge in [-0.05, 0) is 54.1 Å². The third kappa shape index (κ3) is 4.86. The number of para-hydroxylation sites is 3. The minimum Gasteiger partial charge on any atom is -0.309 e. The molecule has 5 heteroatoms. The standard InChI is InChI=1S/C52H32N4S/c1-4-16-33(17-5-1)49-46(32-53-52(54-49)34-18-6-2-7-19-34)56-44-26-14-10-22-37(44)41-30-35(28-29-45(41)56)40-31-42-38-23-11-13-25-43(38)55(36-20-8-3-9-21-36)50(42)48-39-24-12-15-27-47(39)57-51(40)48/h1-32H. The minimum absolute atomic E-state index is 0.706. The van der Waals surface area contributed by atoms with Crippen molar-refractivity contribution in [1.82, 2.24) is 19.1 Å². The van der Waals surface area contributed by atoms with Crippen LogP contribution in [0.5, 0.6) is 0 Å². The zero-order valence-corrected chi connectivity index (χ0v) is 31.5. The fraction of sp³-hybridized carbons (Fsp3) is 0. The summed E-state index contributed by atoms with van der Waals surface area (Å²) >= 11 is 1.89. The van der Waals surface area contributed by atoms with Gasteiger partial charge < -0.3 is 9.13 Å². The molecule has 0 aliphatic carbocycles. The van der Waals surface area contributed by atoms with Crippen molar-refractivity contribution in [2.45, 2.75) is 0 Å². The van der Waals surface area contributed by atoms with Crippen LogP contribution in [0.1, 0.15) is 0 Å². The molecule has 0 saturated carbocycles. The van der Waals surface area contributed by atoms with Crippen LogP contribution in [0.3, 0.4) is 0 Å².